The molecule has 0 aliphatic heterocycles. The topological polar surface area (TPSA) is 43.6 Å². The minimum atomic E-state index is -0.0956. The number of carbonyl (C=O) groups is 1. The molecular formula is C14H17BrN2O2S. The van der Waals surface area contributed by atoms with Gasteiger partial charge in [-0.3, -0.25) is 4.79 Å². The van der Waals surface area contributed by atoms with Crippen LogP contribution >= 0.6 is 27.3 Å². The SMILES string of the molecule is COCCn1c(=NC(=O)C(C)C)sc2cc(Br)ccc21. The van der Waals surface area contributed by atoms with Gasteiger partial charge in [-0.25, -0.2) is 0 Å². The predicted octanol–water partition coefficient (Wildman–Crippen LogP) is 3.20. The molecule has 20 heavy (non-hydrogen) atoms. The van der Waals surface area contributed by atoms with Crippen molar-refractivity contribution in [1.29, 1.82) is 0 Å². The monoisotopic (exact) mass is 356 g/mol. The van der Waals surface area contributed by atoms with Crippen LogP contribution in [0.4, 0.5) is 0 Å². The molecule has 0 fully saturated rings. The second kappa shape index (κ2) is 6.65. The third kappa shape index (κ3) is 3.37. The Morgan fingerprint density at radius 1 is 1.50 bits per heavy atom. The number of nitrogens with zero attached hydrogens (tertiary/aromatic N) is 2. The maximum absolute atomic E-state index is 11.9. The molecule has 0 spiro atoms. The molecule has 0 unspecified atom stereocenters. The number of benzene rings is 1. The maximum atomic E-state index is 11.9. The van der Waals surface area contributed by atoms with E-state index in [-0.39, 0.29) is 11.8 Å². The van der Waals surface area contributed by atoms with Crippen LogP contribution in [-0.4, -0.2) is 24.2 Å². The number of ether oxygens (including phenoxy) is 1. The predicted molar refractivity (Wildman–Crippen MR) is 84.8 cm³/mol. The van der Waals surface area contributed by atoms with E-state index >= 15 is 0 Å². The highest BCUT2D eigenvalue weighted by Gasteiger charge is 2.10. The molecule has 108 valence electrons. The summed E-state index contributed by atoms with van der Waals surface area (Å²) in [6.45, 7) is 4.98. The normalized spacial score (nSPS) is 12.6. The van der Waals surface area contributed by atoms with E-state index in [2.05, 4.69) is 20.9 Å². The van der Waals surface area contributed by atoms with Crippen LogP contribution in [0.3, 0.4) is 0 Å². The van der Waals surface area contributed by atoms with E-state index in [0.717, 1.165) is 19.5 Å². The lowest BCUT2D eigenvalue weighted by molar-refractivity contribution is -0.120. The standard InChI is InChI=1S/C14H17BrN2O2S/c1-9(2)13(18)16-14-17(6-7-19-3)11-5-4-10(15)8-12(11)20-14/h4-5,8-9H,6-7H2,1-3H3. The van der Waals surface area contributed by atoms with Crippen molar-refractivity contribution in [2.75, 3.05) is 13.7 Å². The van der Waals surface area contributed by atoms with Gasteiger partial charge in [0.1, 0.15) is 0 Å². The van der Waals surface area contributed by atoms with Crippen LogP contribution < -0.4 is 4.80 Å². The molecule has 2 rings (SSSR count). The molecule has 1 aromatic heterocycles. The molecule has 0 radical (unpaired) electrons. The molecule has 6 heteroatoms. The van der Waals surface area contributed by atoms with Crippen LogP contribution in [0, 0.1) is 5.92 Å². The smallest absolute Gasteiger partial charge is 0.250 e. The van der Waals surface area contributed by atoms with E-state index in [1.54, 1.807) is 7.11 Å². The summed E-state index contributed by atoms with van der Waals surface area (Å²) in [4.78, 5) is 16.8. The Bertz CT molecular complexity index is 688. The lowest BCUT2D eigenvalue weighted by Crippen LogP contribution is -2.20. The fourth-order valence-electron chi connectivity index (χ4n) is 1.75. The van der Waals surface area contributed by atoms with Crippen LogP contribution in [0.2, 0.25) is 0 Å². The molecule has 1 aromatic carbocycles. The molecule has 0 aliphatic rings. The van der Waals surface area contributed by atoms with Gasteiger partial charge >= 0.3 is 0 Å². The lowest BCUT2D eigenvalue weighted by Gasteiger charge is -2.04. The number of fused-ring (bicyclic) bond motifs is 1. The van der Waals surface area contributed by atoms with Crippen LogP contribution in [0.5, 0.6) is 0 Å². The molecular weight excluding hydrogens is 340 g/mol. The van der Waals surface area contributed by atoms with Crippen LogP contribution in [0.1, 0.15) is 13.8 Å². The Morgan fingerprint density at radius 2 is 2.25 bits per heavy atom. The average molecular weight is 357 g/mol. The number of hydrogen-bond acceptors (Lipinski definition) is 3. The summed E-state index contributed by atoms with van der Waals surface area (Å²) in [6, 6.07) is 6.07. The quantitative estimate of drug-likeness (QED) is 0.844. The first-order chi connectivity index (χ1) is 9.52. The van der Waals surface area contributed by atoms with Gasteiger partial charge in [-0.1, -0.05) is 41.1 Å². The van der Waals surface area contributed by atoms with Gasteiger partial charge in [0.2, 0.25) is 0 Å². The van der Waals surface area contributed by atoms with E-state index < -0.39 is 0 Å². The molecule has 4 nitrogen and oxygen atoms in total. The number of hydrogen-bond donors (Lipinski definition) is 0. The first-order valence-corrected chi connectivity index (χ1v) is 8.00. The van der Waals surface area contributed by atoms with Gasteiger partial charge in [0.25, 0.3) is 5.91 Å². The lowest BCUT2D eigenvalue weighted by atomic mass is 10.2. The molecule has 0 aliphatic carbocycles. The third-order valence-corrected chi connectivity index (χ3v) is 4.40. The van der Waals surface area contributed by atoms with Gasteiger partial charge in [0.05, 0.1) is 16.8 Å². The minimum Gasteiger partial charge on any atom is -0.383 e. The van der Waals surface area contributed by atoms with Crippen molar-refractivity contribution in [2.45, 2.75) is 20.4 Å². The third-order valence-electron chi connectivity index (χ3n) is 2.86. The highest BCUT2D eigenvalue weighted by molar-refractivity contribution is 9.10. The summed E-state index contributed by atoms with van der Waals surface area (Å²) in [6.07, 6.45) is 0. The molecule has 2 aromatic rings. The first-order valence-electron chi connectivity index (χ1n) is 6.39. The van der Waals surface area contributed by atoms with Crippen molar-refractivity contribution in [1.82, 2.24) is 4.57 Å². The Morgan fingerprint density at radius 3 is 2.90 bits per heavy atom. The molecule has 0 bridgehead atoms. The first kappa shape index (κ1) is 15.4. The van der Waals surface area contributed by atoms with E-state index in [9.17, 15) is 4.79 Å². The fourth-order valence-corrected chi connectivity index (χ4v) is 3.37. The largest absolute Gasteiger partial charge is 0.383 e. The number of carbonyl (C=O) groups excluding carboxylic acids is 1. The summed E-state index contributed by atoms with van der Waals surface area (Å²) < 4.78 is 9.30. The second-order valence-corrected chi connectivity index (χ2v) is 6.67. The van der Waals surface area contributed by atoms with Gasteiger partial charge in [-0.05, 0) is 18.2 Å². The molecule has 0 saturated heterocycles. The molecule has 0 N–H and O–H groups in total. The summed E-state index contributed by atoms with van der Waals surface area (Å²) in [5, 5.41) is 0. The van der Waals surface area contributed by atoms with Gasteiger partial charge in [-0.2, -0.15) is 4.99 Å². The number of rotatable bonds is 4. The minimum absolute atomic E-state index is 0.0946. The zero-order chi connectivity index (χ0) is 14.7. The van der Waals surface area contributed by atoms with E-state index in [1.807, 2.05) is 36.6 Å². The Kier molecular flexibility index (Phi) is 5.12. The van der Waals surface area contributed by atoms with Gasteiger partial charge in [0, 0.05) is 24.0 Å². The van der Waals surface area contributed by atoms with Gasteiger partial charge in [-0.15, -0.1) is 0 Å². The summed E-state index contributed by atoms with van der Waals surface area (Å²) >= 11 is 4.99. The average Bonchev–Trinajstić information content (AvgIpc) is 2.72. The molecule has 1 amide bonds. The van der Waals surface area contributed by atoms with Gasteiger partial charge in [0.15, 0.2) is 4.80 Å². The van der Waals surface area contributed by atoms with Crippen molar-refractivity contribution in [2.24, 2.45) is 10.9 Å². The van der Waals surface area contributed by atoms with E-state index in [1.165, 1.54) is 11.3 Å². The Labute approximate surface area is 130 Å². The van der Waals surface area contributed by atoms with Crippen molar-refractivity contribution in [3.63, 3.8) is 0 Å². The Balaban J connectivity index is 2.59. The Hall–Kier alpha value is -0.980. The summed E-state index contributed by atoms with van der Waals surface area (Å²) in [7, 11) is 1.67. The fraction of sp³-hybridized carbons (Fsp3) is 0.429. The highest BCUT2D eigenvalue weighted by atomic mass is 79.9. The molecule has 0 atom stereocenters. The van der Waals surface area contributed by atoms with Crippen molar-refractivity contribution >= 4 is 43.4 Å². The zero-order valence-corrected chi connectivity index (χ0v) is 14.1. The number of methoxy groups -OCH3 is 1. The number of amides is 1. The van der Waals surface area contributed by atoms with Crippen molar-refractivity contribution < 1.29 is 9.53 Å². The number of thiazole rings is 1. The van der Waals surface area contributed by atoms with Crippen molar-refractivity contribution in [3.8, 4) is 0 Å². The van der Waals surface area contributed by atoms with Gasteiger partial charge < -0.3 is 9.30 Å². The highest BCUT2D eigenvalue weighted by Crippen LogP contribution is 2.22. The number of halogens is 1. The van der Waals surface area contributed by atoms with Crippen LogP contribution in [0.15, 0.2) is 27.7 Å². The van der Waals surface area contributed by atoms with Crippen LogP contribution in [-0.2, 0) is 16.1 Å². The van der Waals surface area contributed by atoms with E-state index in [0.29, 0.717) is 13.2 Å². The maximum Gasteiger partial charge on any atom is 0.250 e. The van der Waals surface area contributed by atoms with Crippen LogP contribution in [0.25, 0.3) is 10.2 Å². The van der Waals surface area contributed by atoms with E-state index in [4.69, 9.17) is 4.74 Å². The molecule has 0 saturated carbocycles. The van der Waals surface area contributed by atoms with Crippen molar-refractivity contribution in [3.05, 3.63) is 27.5 Å². The number of aromatic nitrogens is 1. The second-order valence-electron chi connectivity index (χ2n) is 4.75. The zero-order valence-electron chi connectivity index (χ0n) is 11.7. The summed E-state index contributed by atoms with van der Waals surface area (Å²) in [5.74, 6) is -0.190. The summed E-state index contributed by atoms with van der Waals surface area (Å²) in [5.41, 5.74) is 1.07. The molecule has 1 heterocycles.